The topological polar surface area (TPSA) is 36.9 Å². The second kappa shape index (κ2) is 16.8. The summed E-state index contributed by atoms with van der Waals surface area (Å²) in [5, 5.41) is 2.86. The SMILES string of the molecule is CCOC(CC[CH2][Zn][CH2]CCC(OCC)OCC)OCC. The van der Waals surface area contributed by atoms with Crippen LogP contribution in [-0.2, 0) is 36.1 Å². The molecule has 124 valence electrons. The molecule has 0 rings (SSSR count). The fourth-order valence-electron chi connectivity index (χ4n) is 2.33. The van der Waals surface area contributed by atoms with Gasteiger partial charge in [-0.3, -0.25) is 0 Å². The maximum absolute atomic E-state index is 5.56. The molecule has 0 aliphatic rings. The molecule has 0 unspecified atom stereocenters. The molecule has 0 saturated heterocycles. The Balaban J connectivity index is 3.48. The Bertz CT molecular complexity index is 173. The van der Waals surface area contributed by atoms with Crippen LogP contribution in [0.2, 0.25) is 10.0 Å². The van der Waals surface area contributed by atoms with Crippen molar-refractivity contribution >= 4 is 0 Å². The standard InChI is InChI=1S/2C8H17O2.Zn/c2*1-4-7-8(9-5-2)10-6-3;/h2*8H,1,4-7H2,2-3H3;. The van der Waals surface area contributed by atoms with Gasteiger partial charge in [0.1, 0.15) is 0 Å². The van der Waals surface area contributed by atoms with E-state index < -0.39 is 0 Å². The molecule has 0 aromatic carbocycles. The second-order valence-corrected chi connectivity index (χ2v) is 9.48. The first-order valence-electron chi connectivity index (χ1n) is 8.74. The quantitative estimate of drug-likeness (QED) is 0.235. The molecule has 0 saturated carbocycles. The molecule has 4 nitrogen and oxygen atoms in total. The van der Waals surface area contributed by atoms with E-state index >= 15 is 0 Å². The van der Waals surface area contributed by atoms with Crippen LogP contribution in [0.1, 0.15) is 53.4 Å². The zero-order valence-corrected chi connectivity index (χ0v) is 17.5. The first-order valence-corrected chi connectivity index (χ1v) is 12.9. The molecule has 0 radical (unpaired) electrons. The molecule has 0 amide bonds. The van der Waals surface area contributed by atoms with Gasteiger partial charge >= 0.3 is 138 Å². The van der Waals surface area contributed by atoms with Crippen molar-refractivity contribution in [1.29, 1.82) is 0 Å². The van der Waals surface area contributed by atoms with E-state index in [1.165, 1.54) is 22.9 Å². The number of hydrogen-bond donors (Lipinski definition) is 0. The summed E-state index contributed by atoms with van der Waals surface area (Å²) >= 11 is -0.377. The fourth-order valence-corrected chi connectivity index (χ4v) is 5.76. The molecule has 0 N–H and O–H groups in total. The summed E-state index contributed by atoms with van der Waals surface area (Å²) in [6.07, 6.45) is 4.64. The van der Waals surface area contributed by atoms with Gasteiger partial charge in [0, 0.05) is 0 Å². The molecular formula is C16H34O4Zn. The average Bonchev–Trinajstić information content (AvgIpc) is 2.47. The van der Waals surface area contributed by atoms with Crippen LogP contribution in [0.3, 0.4) is 0 Å². The van der Waals surface area contributed by atoms with Crippen LogP contribution in [0.5, 0.6) is 0 Å². The minimum absolute atomic E-state index is 0.0164. The fraction of sp³-hybridized carbons (Fsp3) is 1.00. The van der Waals surface area contributed by atoms with Gasteiger partial charge in [0.15, 0.2) is 0 Å². The molecule has 0 atom stereocenters. The second-order valence-electron chi connectivity index (χ2n) is 5.03. The molecular weight excluding hydrogens is 322 g/mol. The average molecular weight is 356 g/mol. The van der Waals surface area contributed by atoms with Crippen molar-refractivity contribution in [1.82, 2.24) is 0 Å². The van der Waals surface area contributed by atoms with Crippen LogP contribution in [0, 0.1) is 0 Å². The predicted octanol–water partition coefficient (Wildman–Crippen LogP) is 4.26. The van der Waals surface area contributed by atoms with E-state index in [2.05, 4.69) is 0 Å². The van der Waals surface area contributed by atoms with Crippen molar-refractivity contribution in [2.24, 2.45) is 0 Å². The Labute approximate surface area is 138 Å². The van der Waals surface area contributed by atoms with Crippen molar-refractivity contribution in [3.63, 3.8) is 0 Å². The van der Waals surface area contributed by atoms with Crippen molar-refractivity contribution in [3.05, 3.63) is 0 Å². The third-order valence-corrected chi connectivity index (χ3v) is 7.49. The summed E-state index contributed by atoms with van der Waals surface area (Å²) in [6, 6.07) is 0. The Morgan fingerprint density at radius 3 is 1.24 bits per heavy atom. The van der Waals surface area contributed by atoms with Crippen molar-refractivity contribution in [3.8, 4) is 0 Å². The first-order chi connectivity index (χ1) is 10.3. The van der Waals surface area contributed by atoms with Crippen LogP contribution in [-0.4, -0.2) is 39.0 Å². The molecule has 0 heterocycles. The van der Waals surface area contributed by atoms with Crippen LogP contribution in [0.15, 0.2) is 0 Å². The molecule has 5 heteroatoms. The van der Waals surface area contributed by atoms with Crippen LogP contribution >= 0.6 is 0 Å². The van der Waals surface area contributed by atoms with Crippen molar-refractivity contribution in [2.75, 3.05) is 26.4 Å². The monoisotopic (exact) mass is 354 g/mol. The van der Waals surface area contributed by atoms with Gasteiger partial charge in [0.25, 0.3) is 0 Å². The van der Waals surface area contributed by atoms with Gasteiger partial charge in [0.2, 0.25) is 0 Å². The van der Waals surface area contributed by atoms with Gasteiger partial charge in [-0.05, 0) is 0 Å². The summed E-state index contributed by atoms with van der Waals surface area (Å²) in [7, 11) is 0. The van der Waals surface area contributed by atoms with E-state index in [9.17, 15) is 0 Å². The zero-order chi connectivity index (χ0) is 15.8. The van der Waals surface area contributed by atoms with E-state index in [0.717, 1.165) is 39.3 Å². The van der Waals surface area contributed by atoms with Crippen LogP contribution in [0.4, 0.5) is 0 Å². The van der Waals surface area contributed by atoms with E-state index in [1.54, 1.807) is 0 Å². The third-order valence-electron chi connectivity index (χ3n) is 3.29. The number of hydrogen-bond acceptors (Lipinski definition) is 4. The normalized spacial score (nSPS) is 11.3. The van der Waals surface area contributed by atoms with Gasteiger partial charge < -0.3 is 0 Å². The van der Waals surface area contributed by atoms with E-state index in [0.29, 0.717) is 0 Å². The maximum atomic E-state index is 5.56. The summed E-state index contributed by atoms with van der Waals surface area (Å²) in [5.41, 5.74) is 0. The number of rotatable bonds is 16. The summed E-state index contributed by atoms with van der Waals surface area (Å²) in [4.78, 5) is 0. The van der Waals surface area contributed by atoms with Gasteiger partial charge in [-0.1, -0.05) is 0 Å². The van der Waals surface area contributed by atoms with Crippen molar-refractivity contribution in [2.45, 2.75) is 76.0 Å². The summed E-state index contributed by atoms with van der Waals surface area (Å²) in [5.74, 6) is 0. The summed E-state index contributed by atoms with van der Waals surface area (Å²) in [6.45, 7) is 11.1. The Hall–Kier alpha value is 0.463. The number of ether oxygens (including phenoxy) is 4. The third kappa shape index (κ3) is 13.8. The van der Waals surface area contributed by atoms with Gasteiger partial charge in [0.05, 0.1) is 0 Å². The van der Waals surface area contributed by atoms with Gasteiger partial charge in [-0.2, -0.15) is 0 Å². The van der Waals surface area contributed by atoms with Crippen LogP contribution < -0.4 is 0 Å². The van der Waals surface area contributed by atoms with E-state index in [-0.39, 0.29) is 29.7 Å². The van der Waals surface area contributed by atoms with Gasteiger partial charge in [-0.15, -0.1) is 0 Å². The molecule has 0 spiro atoms. The van der Waals surface area contributed by atoms with Crippen LogP contribution in [0.25, 0.3) is 0 Å². The Morgan fingerprint density at radius 1 is 0.619 bits per heavy atom. The molecule has 0 aromatic heterocycles. The molecule has 0 aliphatic carbocycles. The molecule has 0 bridgehead atoms. The first kappa shape index (κ1) is 21.5. The molecule has 21 heavy (non-hydrogen) atoms. The van der Waals surface area contributed by atoms with Gasteiger partial charge in [-0.25, -0.2) is 0 Å². The zero-order valence-electron chi connectivity index (χ0n) is 14.6. The molecule has 0 fully saturated rings. The molecule has 0 aliphatic heterocycles. The van der Waals surface area contributed by atoms with E-state index in [4.69, 9.17) is 18.9 Å². The Kier molecular flexibility index (Phi) is 17.2. The van der Waals surface area contributed by atoms with E-state index in [1.807, 2.05) is 27.7 Å². The Morgan fingerprint density at radius 2 is 0.952 bits per heavy atom. The predicted molar refractivity (Wildman–Crippen MR) is 82.2 cm³/mol. The molecule has 0 aromatic rings. The van der Waals surface area contributed by atoms with Crippen molar-refractivity contribution < 1.29 is 36.1 Å². The minimum atomic E-state index is -0.377. The summed E-state index contributed by atoms with van der Waals surface area (Å²) < 4.78 is 22.2.